The largest absolute Gasteiger partial charge is 0.497 e. The zero-order valence-electron chi connectivity index (χ0n) is 19.8. The zero-order valence-corrected chi connectivity index (χ0v) is 19.8. The lowest BCUT2D eigenvalue weighted by Crippen LogP contribution is -2.54. The first-order valence-electron chi connectivity index (χ1n) is 11.0. The van der Waals surface area contributed by atoms with Gasteiger partial charge in [-0.3, -0.25) is 19.7 Å². The lowest BCUT2D eigenvalue weighted by Gasteiger charge is -2.29. The van der Waals surface area contributed by atoms with Gasteiger partial charge in [-0.15, -0.1) is 0 Å². The van der Waals surface area contributed by atoms with E-state index in [1.54, 1.807) is 63.4 Å². The van der Waals surface area contributed by atoms with Gasteiger partial charge in [-0.05, 0) is 32.0 Å². The number of ether oxygens (including phenoxy) is 4. The molecule has 2 amide bonds. The number of imide groups is 1. The average Bonchev–Trinajstić information content (AvgIpc) is 3.31. The molecule has 9 heteroatoms. The molecule has 0 aromatic heterocycles. The van der Waals surface area contributed by atoms with Gasteiger partial charge in [0.15, 0.2) is 0 Å². The van der Waals surface area contributed by atoms with E-state index in [0.717, 1.165) is 4.90 Å². The van der Waals surface area contributed by atoms with Gasteiger partial charge < -0.3 is 18.9 Å². The molecule has 2 saturated heterocycles. The van der Waals surface area contributed by atoms with Crippen LogP contribution in [0, 0.1) is 11.8 Å². The van der Waals surface area contributed by atoms with Crippen LogP contribution in [-0.2, 0) is 19.1 Å². The summed E-state index contributed by atoms with van der Waals surface area (Å²) < 4.78 is 21.4. The summed E-state index contributed by atoms with van der Waals surface area (Å²) >= 11 is 0. The van der Waals surface area contributed by atoms with Gasteiger partial charge in [-0.1, -0.05) is 12.1 Å². The molecule has 4 rings (SSSR count). The SMILES string of the molecule is CCOC(=O)[C@@]1(C)N[C@@H](c2ccc(OC)cc2OC)[C@H]2C(=O)N(c3cccc(OC)c3)C(=O)[C@@H]21. The molecular weight excluding hydrogens is 440 g/mol. The van der Waals surface area contributed by atoms with E-state index in [1.807, 2.05) is 0 Å². The second kappa shape index (κ2) is 8.98. The molecule has 1 N–H and O–H groups in total. The Balaban J connectivity index is 1.84. The van der Waals surface area contributed by atoms with Crippen molar-refractivity contribution in [2.24, 2.45) is 11.8 Å². The minimum atomic E-state index is -1.42. The number of fused-ring (bicyclic) bond motifs is 1. The monoisotopic (exact) mass is 468 g/mol. The van der Waals surface area contributed by atoms with Crippen LogP contribution in [0.5, 0.6) is 17.2 Å². The van der Waals surface area contributed by atoms with Gasteiger partial charge in [0, 0.05) is 23.7 Å². The number of rotatable bonds is 7. The Morgan fingerprint density at radius 3 is 2.35 bits per heavy atom. The number of methoxy groups -OCH3 is 3. The third-order valence-corrected chi connectivity index (χ3v) is 6.57. The topological polar surface area (TPSA) is 103 Å². The van der Waals surface area contributed by atoms with Crippen molar-refractivity contribution in [3.8, 4) is 17.2 Å². The van der Waals surface area contributed by atoms with Crippen LogP contribution >= 0.6 is 0 Å². The van der Waals surface area contributed by atoms with E-state index in [4.69, 9.17) is 18.9 Å². The van der Waals surface area contributed by atoms with Crippen molar-refractivity contribution in [3.05, 3.63) is 48.0 Å². The van der Waals surface area contributed by atoms with Crippen molar-refractivity contribution < 1.29 is 33.3 Å². The number of nitrogens with zero attached hydrogens (tertiary/aromatic N) is 1. The molecule has 2 heterocycles. The fraction of sp³-hybridized carbons (Fsp3) is 0.400. The van der Waals surface area contributed by atoms with E-state index in [2.05, 4.69) is 5.32 Å². The molecule has 0 radical (unpaired) electrons. The highest BCUT2D eigenvalue weighted by atomic mass is 16.5. The molecule has 9 nitrogen and oxygen atoms in total. The summed E-state index contributed by atoms with van der Waals surface area (Å²) in [5.41, 5.74) is -0.397. The normalized spacial score (nSPS) is 25.8. The summed E-state index contributed by atoms with van der Waals surface area (Å²) in [6.45, 7) is 3.45. The number of amides is 2. The maximum absolute atomic E-state index is 13.8. The van der Waals surface area contributed by atoms with E-state index in [9.17, 15) is 14.4 Å². The highest BCUT2D eigenvalue weighted by Crippen LogP contribution is 2.51. The maximum atomic E-state index is 13.8. The highest BCUT2D eigenvalue weighted by molar-refractivity contribution is 6.24. The van der Waals surface area contributed by atoms with Crippen molar-refractivity contribution in [2.45, 2.75) is 25.4 Å². The quantitative estimate of drug-likeness (QED) is 0.488. The van der Waals surface area contributed by atoms with Gasteiger partial charge in [-0.2, -0.15) is 0 Å². The molecule has 0 unspecified atom stereocenters. The maximum Gasteiger partial charge on any atom is 0.326 e. The molecule has 2 aliphatic rings. The lowest BCUT2D eigenvalue weighted by molar-refractivity contribution is -0.153. The molecule has 180 valence electrons. The second-order valence-electron chi connectivity index (χ2n) is 8.37. The fourth-order valence-corrected chi connectivity index (χ4v) is 4.95. The molecule has 2 aliphatic heterocycles. The Bertz CT molecular complexity index is 1130. The van der Waals surface area contributed by atoms with E-state index >= 15 is 0 Å². The Morgan fingerprint density at radius 2 is 1.71 bits per heavy atom. The van der Waals surface area contributed by atoms with Gasteiger partial charge in [-0.25, -0.2) is 4.90 Å². The van der Waals surface area contributed by atoms with Crippen molar-refractivity contribution in [2.75, 3.05) is 32.8 Å². The number of esters is 1. The number of carbonyl (C=O) groups is 3. The van der Waals surface area contributed by atoms with Crippen LogP contribution in [0.3, 0.4) is 0 Å². The predicted molar refractivity (Wildman–Crippen MR) is 123 cm³/mol. The van der Waals surface area contributed by atoms with E-state index in [0.29, 0.717) is 28.5 Å². The molecule has 2 aromatic rings. The minimum Gasteiger partial charge on any atom is -0.497 e. The van der Waals surface area contributed by atoms with Crippen LogP contribution in [0.25, 0.3) is 0 Å². The Labute approximate surface area is 197 Å². The van der Waals surface area contributed by atoms with Crippen molar-refractivity contribution in [3.63, 3.8) is 0 Å². The molecule has 34 heavy (non-hydrogen) atoms. The summed E-state index contributed by atoms with van der Waals surface area (Å²) in [7, 11) is 4.57. The number of carbonyl (C=O) groups excluding carboxylic acids is 3. The number of hydrogen-bond donors (Lipinski definition) is 1. The highest BCUT2D eigenvalue weighted by Gasteiger charge is 2.67. The molecule has 0 spiro atoms. The summed E-state index contributed by atoms with van der Waals surface area (Å²) in [6.07, 6.45) is 0. The van der Waals surface area contributed by atoms with Crippen molar-refractivity contribution >= 4 is 23.5 Å². The fourth-order valence-electron chi connectivity index (χ4n) is 4.95. The zero-order chi connectivity index (χ0) is 24.6. The van der Waals surface area contributed by atoms with Gasteiger partial charge in [0.1, 0.15) is 22.8 Å². The molecule has 0 aliphatic carbocycles. The van der Waals surface area contributed by atoms with Gasteiger partial charge >= 0.3 is 5.97 Å². The average molecular weight is 469 g/mol. The Hall–Kier alpha value is -3.59. The third-order valence-electron chi connectivity index (χ3n) is 6.57. The van der Waals surface area contributed by atoms with Crippen LogP contribution in [0.15, 0.2) is 42.5 Å². The van der Waals surface area contributed by atoms with Gasteiger partial charge in [0.25, 0.3) is 0 Å². The van der Waals surface area contributed by atoms with Crippen LogP contribution in [0.2, 0.25) is 0 Å². The van der Waals surface area contributed by atoms with Crippen LogP contribution < -0.4 is 24.4 Å². The van der Waals surface area contributed by atoms with Crippen LogP contribution in [0.4, 0.5) is 5.69 Å². The summed E-state index contributed by atoms with van der Waals surface area (Å²) in [5, 5.41) is 3.25. The number of anilines is 1. The first kappa shape index (κ1) is 23.6. The molecule has 0 saturated carbocycles. The minimum absolute atomic E-state index is 0.145. The third kappa shape index (κ3) is 3.56. The van der Waals surface area contributed by atoms with Crippen molar-refractivity contribution in [1.29, 1.82) is 0 Å². The van der Waals surface area contributed by atoms with Crippen molar-refractivity contribution in [1.82, 2.24) is 5.32 Å². The Kier molecular flexibility index (Phi) is 6.22. The van der Waals surface area contributed by atoms with Gasteiger partial charge in [0.2, 0.25) is 11.8 Å². The van der Waals surface area contributed by atoms with E-state index in [-0.39, 0.29) is 6.61 Å². The number of hydrogen-bond acceptors (Lipinski definition) is 8. The summed E-state index contributed by atoms with van der Waals surface area (Å²) in [5.74, 6) is -1.73. The smallest absolute Gasteiger partial charge is 0.326 e. The number of benzene rings is 2. The van der Waals surface area contributed by atoms with Crippen LogP contribution in [-0.4, -0.2) is 51.3 Å². The standard InChI is InChI=1S/C25H28N2O7/c1-6-34-24(30)25(2)20-19(21(26-25)17-11-10-16(32-4)13-18(17)33-5)22(28)27(23(20)29)14-8-7-9-15(12-14)31-3/h7-13,19-21,26H,6H2,1-5H3/t19-,20+,21-,25-/m0/s1. The van der Waals surface area contributed by atoms with E-state index in [1.165, 1.54) is 14.2 Å². The lowest BCUT2D eigenvalue weighted by atomic mass is 9.80. The van der Waals surface area contributed by atoms with E-state index < -0.39 is 41.2 Å². The summed E-state index contributed by atoms with van der Waals surface area (Å²) in [6, 6.07) is 11.3. The number of nitrogens with one attached hydrogen (secondary N) is 1. The molecule has 2 aromatic carbocycles. The molecule has 0 bridgehead atoms. The molecule has 4 atom stereocenters. The van der Waals surface area contributed by atoms with Crippen LogP contribution in [0.1, 0.15) is 25.5 Å². The molecule has 2 fully saturated rings. The van der Waals surface area contributed by atoms with Gasteiger partial charge in [0.05, 0.1) is 45.5 Å². The summed E-state index contributed by atoms with van der Waals surface area (Å²) in [4.78, 5) is 41.7. The Morgan fingerprint density at radius 1 is 1.00 bits per heavy atom. The first-order chi connectivity index (χ1) is 16.3. The second-order valence-corrected chi connectivity index (χ2v) is 8.37. The first-order valence-corrected chi connectivity index (χ1v) is 11.0. The molecular formula is C25H28N2O7. The predicted octanol–water partition coefficient (Wildman–Crippen LogP) is 2.48.